The van der Waals surface area contributed by atoms with Crippen molar-refractivity contribution in [1.29, 1.82) is 0 Å². The summed E-state index contributed by atoms with van der Waals surface area (Å²) in [5.41, 5.74) is 0. The van der Waals surface area contributed by atoms with E-state index in [1.807, 2.05) is 0 Å². The van der Waals surface area contributed by atoms with Crippen molar-refractivity contribution < 1.29 is 9.53 Å². The lowest BCUT2D eigenvalue weighted by Crippen LogP contribution is -2.33. The zero-order valence-electron chi connectivity index (χ0n) is 9.50. The second-order valence-electron chi connectivity index (χ2n) is 4.19. The van der Waals surface area contributed by atoms with E-state index in [0.717, 1.165) is 12.5 Å². The summed E-state index contributed by atoms with van der Waals surface area (Å²) in [6, 6.07) is -0.0764. The molecule has 1 aromatic rings. The fourth-order valence-corrected chi connectivity index (χ4v) is 1.40. The van der Waals surface area contributed by atoms with Crippen LogP contribution in [0.3, 0.4) is 0 Å². The number of imidazole rings is 1. The summed E-state index contributed by atoms with van der Waals surface area (Å²) in [5.74, 6) is 0.773. The van der Waals surface area contributed by atoms with Crippen LogP contribution in [-0.2, 0) is 4.74 Å². The summed E-state index contributed by atoms with van der Waals surface area (Å²) in [4.78, 5) is 17.2. The van der Waals surface area contributed by atoms with Gasteiger partial charge in [0.25, 0.3) is 0 Å². The molecule has 5 heteroatoms. The molecule has 1 amide bonds. The predicted molar refractivity (Wildman–Crippen MR) is 59.2 cm³/mol. The van der Waals surface area contributed by atoms with Gasteiger partial charge in [0.05, 0.1) is 6.61 Å². The highest BCUT2D eigenvalue weighted by atomic mass is 16.5. The van der Waals surface area contributed by atoms with Crippen LogP contribution in [0.15, 0.2) is 18.7 Å². The maximum absolute atomic E-state index is 11.7. The van der Waals surface area contributed by atoms with Gasteiger partial charge in [-0.05, 0) is 18.8 Å². The summed E-state index contributed by atoms with van der Waals surface area (Å²) in [6.07, 6.45) is 7.33. The number of nitrogens with zero attached hydrogens (tertiary/aromatic N) is 3. The average molecular weight is 223 g/mol. The molecule has 0 N–H and O–H groups in total. The Balaban J connectivity index is 1.66. The smallest absolute Gasteiger partial charge is 0.329 e. The number of ether oxygens (including phenoxy) is 1. The van der Waals surface area contributed by atoms with Gasteiger partial charge in [0.1, 0.15) is 6.33 Å². The van der Waals surface area contributed by atoms with Crippen LogP contribution in [-0.4, -0.2) is 47.3 Å². The molecule has 1 aliphatic carbocycles. The third kappa shape index (κ3) is 3.06. The molecule has 0 radical (unpaired) electrons. The van der Waals surface area contributed by atoms with Crippen LogP contribution in [0, 0.1) is 5.92 Å². The Morgan fingerprint density at radius 2 is 2.44 bits per heavy atom. The minimum Gasteiger partial charge on any atom is -0.379 e. The molecule has 1 aromatic heterocycles. The molecule has 2 rings (SSSR count). The third-order valence-electron chi connectivity index (χ3n) is 2.67. The van der Waals surface area contributed by atoms with Gasteiger partial charge in [0.2, 0.25) is 0 Å². The SMILES string of the molecule is CN(CCOCC1CC1)C(=O)n1ccnc1. The number of likely N-dealkylation sites (N-methyl/N-ethyl adjacent to an activating group) is 1. The van der Waals surface area contributed by atoms with Crippen LogP contribution in [0.4, 0.5) is 4.79 Å². The second-order valence-corrected chi connectivity index (χ2v) is 4.19. The number of rotatable bonds is 5. The van der Waals surface area contributed by atoms with Crippen molar-refractivity contribution in [1.82, 2.24) is 14.5 Å². The number of aromatic nitrogens is 2. The van der Waals surface area contributed by atoms with Crippen LogP contribution in [0.25, 0.3) is 0 Å². The normalized spacial score (nSPS) is 15.1. The lowest BCUT2D eigenvalue weighted by Gasteiger charge is -2.16. The van der Waals surface area contributed by atoms with Crippen molar-refractivity contribution in [2.45, 2.75) is 12.8 Å². The average Bonchev–Trinajstić information content (AvgIpc) is 2.95. The number of carbonyl (C=O) groups excluding carboxylic acids is 1. The highest BCUT2D eigenvalue weighted by molar-refractivity contribution is 5.76. The summed E-state index contributed by atoms with van der Waals surface area (Å²) in [7, 11) is 1.77. The number of carbonyl (C=O) groups is 1. The molecule has 0 spiro atoms. The maximum Gasteiger partial charge on any atom is 0.329 e. The van der Waals surface area contributed by atoms with E-state index in [2.05, 4.69) is 4.98 Å². The molecular weight excluding hydrogens is 206 g/mol. The first-order chi connectivity index (χ1) is 7.77. The van der Waals surface area contributed by atoms with Crippen molar-refractivity contribution in [2.75, 3.05) is 26.8 Å². The Hall–Kier alpha value is -1.36. The van der Waals surface area contributed by atoms with E-state index in [-0.39, 0.29) is 6.03 Å². The predicted octanol–water partition coefficient (Wildman–Crippen LogP) is 1.21. The van der Waals surface area contributed by atoms with Gasteiger partial charge in [-0.1, -0.05) is 0 Å². The molecule has 0 aromatic carbocycles. The van der Waals surface area contributed by atoms with Crippen molar-refractivity contribution >= 4 is 6.03 Å². The molecule has 5 nitrogen and oxygen atoms in total. The van der Waals surface area contributed by atoms with Crippen LogP contribution in [0.1, 0.15) is 12.8 Å². The minimum absolute atomic E-state index is 0.0764. The number of amides is 1. The molecule has 0 unspecified atom stereocenters. The van der Waals surface area contributed by atoms with E-state index >= 15 is 0 Å². The van der Waals surface area contributed by atoms with Crippen molar-refractivity contribution in [2.24, 2.45) is 5.92 Å². The first-order valence-corrected chi connectivity index (χ1v) is 5.58. The van der Waals surface area contributed by atoms with Gasteiger partial charge in [-0.25, -0.2) is 9.78 Å². The van der Waals surface area contributed by atoms with Crippen LogP contribution < -0.4 is 0 Å². The Morgan fingerprint density at radius 1 is 1.62 bits per heavy atom. The van der Waals surface area contributed by atoms with E-state index in [9.17, 15) is 4.79 Å². The molecule has 88 valence electrons. The Morgan fingerprint density at radius 3 is 3.06 bits per heavy atom. The van der Waals surface area contributed by atoms with E-state index in [0.29, 0.717) is 13.2 Å². The van der Waals surface area contributed by atoms with Gasteiger partial charge in [0.15, 0.2) is 0 Å². The van der Waals surface area contributed by atoms with E-state index in [1.165, 1.54) is 23.7 Å². The number of hydrogen-bond donors (Lipinski definition) is 0. The van der Waals surface area contributed by atoms with Gasteiger partial charge >= 0.3 is 6.03 Å². The Labute approximate surface area is 95.0 Å². The maximum atomic E-state index is 11.7. The van der Waals surface area contributed by atoms with E-state index in [1.54, 1.807) is 24.3 Å². The molecule has 1 aliphatic rings. The largest absolute Gasteiger partial charge is 0.379 e. The van der Waals surface area contributed by atoms with Crippen molar-refractivity contribution in [3.63, 3.8) is 0 Å². The van der Waals surface area contributed by atoms with Crippen LogP contribution >= 0.6 is 0 Å². The van der Waals surface area contributed by atoms with E-state index in [4.69, 9.17) is 4.74 Å². The first-order valence-electron chi connectivity index (χ1n) is 5.58. The zero-order valence-corrected chi connectivity index (χ0v) is 9.50. The summed E-state index contributed by atoms with van der Waals surface area (Å²) in [5, 5.41) is 0. The molecule has 0 bridgehead atoms. The fourth-order valence-electron chi connectivity index (χ4n) is 1.40. The van der Waals surface area contributed by atoms with Gasteiger partial charge in [-0.2, -0.15) is 0 Å². The van der Waals surface area contributed by atoms with Gasteiger partial charge in [-0.3, -0.25) is 4.57 Å². The topological polar surface area (TPSA) is 47.4 Å². The van der Waals surface area contributed by atoms with Gasteiger partial charge in [0, 0.05) is 32.6 Å². The monoisotopic (exact) mass is 223 g/mol. The molecule has 1 heterocycles. The summed E-state index contributed by atoms with van der Waals surface area (Å²) < 4.78 is 6.94. The molecule has 0 atom stereocenters. The lowest BCUT2D eigenvalue weighted by molar-refractivity contribution is 0.108. The standard InChI is InChI=1S/C11H17N3O2/c1-13(6-7-16-8-10-2-3-10)11(15)14-5-4-12-9-14/h4-5,9-10H,2-3,6-8H2,1H3. The van der Waals surface area contributed by atoms with Gasteiger partial charge < -0.3 is 9.64 Å². The van der Waals surface area contributed by atoms with Crippen LogP contribution in [0.2, 0.25) is 0 Å². The highest BCUT2D eigenvalue weighted by Crippen LogP contribution is 2.28. The lowest BCUT2D eigenvalue weighted by atomic mass is 10.5. The Kier molecular flexibility index (Phi) is 3.56. The third-order valence-corrected chi connectivity index (χ3v) is 2.67. The van der Waals surface area contributed by atoms with Crippen molar-refractivity contribution in [3.05, 3.63) is 18.7 Å². The Bertz CT molecular complexity index is 333. The molecule has 0 saturated heterocycles. The first kappa shape index (κ1) is 11.1. The molecule has 1 saturated carbocycles. The zero-order chi connectivity index (χ0) is 11.4. The summed E-state index contributed by atoms with van der Waals surface area (Å²) in [6.45, 7) is 2.06. The minimum atomic E-state index is -0.0764. The molecular formula is C11H17N3O2. The molecule has 0 aliphatic heterocycles. The van der Waals surface area contributed by atoms with Gasteiger partial charge in [-0.15, -0.1) is 0 Å². The quantitative estimate of drug-likeness (QED) is 0.705. The van der Waals surface area contributed by atoms with Crippen LogP contribution in [0.5, 0.6) is 0 Å². The van der Waals surface area contributed by atoms with E-state index < -0.39 is 0 Å². The second kappa shape index (κ2) is 5.12. The molecule has 1 fully saturated rings. The fraction of sp³-hybridized carbons (Fsp3) is 0.636. The van der Waals surface area contributed by atoms with Crippen molar-refractivity contribution in [3.8, 4) is 0 Å². The molecule has 16 heavy (non-hydrogen) atoms. The summed E-state index contributed by atoms with van der Waals surface area (Å²) >= 11 is 0. The number of hydrogen-bond acceptors (Lipinski definition) is 3. The highest BCUT2D eigenvalue weighted by Gasteiger charge is 2.21.